The number of aliphatic hydroxyl groups is 1. The summed E-state index contributed by atoms with van der Waals surface area (Å²) in [5.41, 5.74) is 4.64. The smallest absolute Gasteiger partial charge is 0.115 e. The Morgan fingerprint density at radius 1 is 1.53 bits per heavy atom. The molecule has 0 bridgehead atoms. The SMILES string of the molecule is OCCSCC1C=C(c2ccc(Br)cn2)NO1. The molecule has 17 heavy (non-hydrogen) atoms. The molecule has 0 amide bonds. The maximum absolute atomic E-state index is 8.69. The second kappa shape index (κ2) is 6.39. The van der Waals surface area contributed by atoms with Crippen LogP contribution in [0.5, 0.6) is 0 Å². The Labute approximate surface area is 113 Å². The second-order valence-corrected chi connectivity index (χ2v) is 5.56. The first-order chi connectivity index (χ1) is 8.29. The Balaban J connectivity index is 1.94. The summed E-state index contributed by atoms with van der Waals surface area (Å²) < 4.78 is 0.954. The van der Waals surface area contributed by atoms with Gasteiger partial charge in [-0.05, 0) is 34.1 Å². The van der Waals surface area contributed by atoms with Crippen LogP contribution in [0.15, 0.2) is 28.9 Å². The van der Waals surface area contributed by atoms with Gasteiger partial charge in [0.25, 0.3) is 0 Å². The molecule has 2 N–H and O–H groups in total. The van der Waals surface area contributed by atoms with E-state index in [2.05, 4.69) is 26.4 Å². The molecule has 0 fully saturated rings. The van der Waals surface area contributed by atoms with Gasteiger partial charge in [-0.25, -0.2) is 0 Å². The van der Waals surface area contributed by atoms with E-state index in [0.29, 0.717) is 0 Å². The van der Waals surface area contributed by atoms with Crippen molar-refractivity contribution in [3.8, 4) is 0 Å². The lowest BCUT2D eigenvalue weighted by molar-refractivity contribution is 0.0650. The van der Waals surface area contributed by atoms with E-state index >= 15 is 0 Å². The number of aromatic nitrogens is 1. The molecular formula is C11H13BrN2O2S. The van der Waals surface area contributed by atoms with Crippen molar-refractivity contribution in [3.63, 3.8) is 0 Å². The molecule has 0 aliphatic carbocycles. The summed E-state index contributed by atoms with van der Waals surface area (Å²) in [4.78, 5) is 9.69. The zero-order valence-electron chi connectivity index (χ0n) is 9.10. The van der Waals surface area contributed by atoms with E-state index in [0.717, 1.165) is 27.4 Å². The van der Waals surface area contributed by atoms with Crippen LogP contribution in [0.3, 0.4) is 0 Å². The van der Waals surface area contributed by atoms with Crippen LogP contribution in [0.2, 0.25) is 0 Å². The minimum absolute atomic E-state index is 0.0343. The zero-order chi connectivity index (χ0) is 12.1. The summed E-state index contributed by atoms with van der Waals surface area (Å²) in [5, 5.41) is 8.69. The van der Waals surface area contributed by atoms with E-state index in [1.807, 2.05) is 18.2 Å². The Bertz CT molecular complexity index is 397. The molecule has 92 valence electrons. The molecule has 1 unspecified atom stereocenters. The number of nitrogens with one attached hydrogen (secondary N) is 1. The van der Waals surface area contributed by atoms with Gasteiger partial charge in [0.15, 0.2) is 0 Å². The molecule has 1 atom stereocenters. The molecule has 0 aromatic carbocycles. The van der Waals surface area contributed by atoms with Gasteiger partial charge in [0.1, 0.15) is 6.10 Å². The fourth-order valence-electron chi connectivity index (χ4n) is 1.41. The van der Waals surface area contributed by atoms with Gasteiger partial charge in [-0.15, -0.1) is 0 Å². The fourth-order valence-corrected chi connectivity index (χ4v) is 2.34. The van der Waals surface area contributed by atoms with Crippen molar-refractivity contribution in [3.05, 3.63) is 34.6 Å². The summed E-state index contributed by atoms with van der Waals surface area (Å²) in [6.07, 6.45) is 3.80. The molecule has 0 spiro atoms. The van der Waals surface area contributed by atoms with E-state index < -0.39 is 0 Å². The molecule has 1 aliphatic rings. The summed E-state index contributed by atoms with van der Waals surface area (Å²) in [5.74, 6) is 1.56. The first-order valence-corrected chi connectivity index (χ1v) is 7.18. The van der Waals surface area contributed by atoms with Crippen molar-refractivity contribution in [1.82, 2.24) is 10.5 Å². The third kappa shape index (κ3) is 3.70. The third-order valence-corrected chi connectivity index (χ3v) is 3.70. The number of pyridine rings is 1. The van der Waals surface area contributed by atoms with Gasteiger partial charge in [-0.1, -0.05) is 0 Å². The van der Waals surface area contributed by atoms with E-state index in [-0.39, 0.29) is 12.7 Å². The van der Waals surface area contributed by atoms with Crippen molar-refractivity contribution in [2.75, 3.05) is 18.1 Å². The number of thioether (sulfide) groups is 1. The Kier molecular flexibility index (Phi) is 4.85. The molecule has 1 aromatic heterocycles. The lowest BCUT2D eigenvalue weighted by atomic mass is 10.2. The number of hydrogen-bond acceptors (Lipinski definition) is 5. The fraction of sp³-hybridized carbons (Fsp3) is 0.364. The lowest BCUT2D eigenvalue weighted by Crippen LogP contribution is -2.14. The highest BCUT2D eigenvalue weighted by molar-refractivity contribution is 9.10. The monoisotopic (exact) mass is 316 g/mol. The standard InChI is InChI=1S/C11H13BrN2O2S/c12-8-1-2-10(13-6-8)11-5-9(16-14-11)7-17-4-3-15/h1-2,5-6,9,14-15H,3-4,7H2. The van der Waals surface area contributed by atoms with Crippen LogP contribution >= 0.6 is 27.7 Å². The predicted molar refractivity (Wildman–Crippen MR) is 72.3 cm³/mol. The largest absolute Gasteiger partial charge is 0.396 e. The maximum atomic E-state index is 8.69. The van der Waals surface area contributed by atoms with Crippen molar-refractivity contribution in [1.29, 1.82) is 0 Å². The van der Waals surface area contributed by atoms with Crippen molar-refractivity contribution >= 4 is 33.4 Å². The molecule has 2 rings (SSSR count). The number of nitrogens with zero attached hydrogens (tertiary/aromatic N) is 1. The highest BCUT2D eigenvalue weighted by atomic mass is 79.9. The first kappa shape index (κ1) is 12.9. The summed E-state index contributed by atoms with van der Waals surface area (Å²) in [6.45, 7) is 0.204. The lowest BCUT2D eigenvalue weighted by Gasteiger charge is -2.05. The Morgan fingerprint density at radius 2 is 2.41 bits per heavy atom. The van der Waals surface area contributed by atoms with Crippen LogP contribution in [0.4, 0.5) is 0 Å². The van der Waals surface area contributed by atoms with Crippen molar-refractivity contribution < 1.29 is 9.94 Å². The number of hydroxylamine groups is 1. The second-order valence-electron chi connectivity index (χ2n) is 3.50. The maximum Gasteiger partial charge on any atom is 0.115 e. The van der Waals surface area contributed by atoms with Crippen molar-refractivity contribution in [2.45, 2.75) is 6.10 Å². The van der Waals surface area contributed by atoms with Crippen LogP contribution in [0, 0.1) is 0 Å². The quantitative estimate of drug-likeness (QED) is 0.811. The minimum atomic E-state index is 0.0343. The van der Waals surface area contributed by atoms with Crippen LogP contribution in [-0.2, 0) is 4.84 Å². The molecule has 4 nitrogen and oxygen atoms in total. The number of halogens is 1. The highest BCUT2D eigenvalue weighted by Gasteiger charge is 2.17. The molecule has 1 aliphatic heterocycles. The summed E-state index contributed by atoms with van der Waals surface area (Å²) in [6, 6.07) is 3.87. The zero-order valence-corrected chi connectivity index (χ0v) is 11.5. The Hall–Kier alpha value is -0.560. The average Bonchev–Trinajstić information content (AvgIpc) is 2.79. The molecule has 6 heteroatoms. The van der Waals surface area contributed by atoms with E-state index in [1.165, 1.54) is 0 Å². The molecule has 0 saturated heterocycles. The number of rotatable bonds is 5. The molecule has 0 radical (unpaired) electrons. The molecular weight excluding hydrogens is 304 g/mol. The predicted octanol–water partition coefficient (Wildman–Crippen LogP) is 1.81. The molecule has 1 aromatic rings. The minimum Gasteiger partial charge on any atom is -0.396 e. The topological polar surface area (TPSA) is 54.4 Å². The first-order valence-electron chi connectivity index (χ1n) is 5.23. The number of hydrogen-bond donors (Lipinski definition) is 2. The van der Waals surface area contributed by atoms with Crippen LogP contribution < -0.4 is 5.48 Å². The van der Waals surface area contributed by atoms with Crippen LogP contribution in [-0.4, -0.2) is 34.3 Å². The van der Waals surface area contributed by atoms with E-state index in [4.69, 9.17) is 9.94 Å². The molecule has 0 saturated carbocycles. The van der Waals surface area contributed by atoms with E-state index in [1.54, 1.807) is 18.0 Å². The third-order valence-electron chi connectivity index (χ3n) is 2.19. The van der Waals surface area contributed by atoms with Crippen LogP contribution in [0.1, 0.15) is 5.69 Å². The van der Waals surface area contributed by atoms with Gasteiger partial charge in [0.2, 0.25) is 0 Å². The van der Waals surface area contributed by atoms with Gasteiger partial charge < -0.3 is 5.11 Å². The summed E-state index contributed by atoms with van der Waals surface area (Å²) in [7, 11) is 0. The van der Waals surface area contributed by atoms with Gasteiger partial charge in [0, 0.05) is 22.2 Å². The normalized spacial score (nSPS) is 18.9. The van der Waals surface area contributed by atoms with Gasteiger partial charge in [-0.3, -0.25) is 15.3 Å². The highest BCUT2D eigenvalue weighted by Crippen LogP contribution is 2.20. The molecule has 2 heterocycles. The van der Waals surface area contributed by atoms with E-state index in [9.17, 15) is 0 Å². The van der Waals surface area contributed by atoms with Gasteiger partial charge >= 0.3 is 0 Å². The Morgan fingerprint density at radius 3 is 3.12 bits per heavy atom. The average molecular weight is 317 g/mol. The summed E-state index contributed by atoms with van der Waals surface area (Å²) >= 11 is 5.01. The van der Waals surface area contributed by atoms with Crippen molar-refractivity contribution in [2.24, 2.45) is 0 Å². The number of aliphatic hydroxyl groups excluding tert-OH is 1. The van der Waals surface area contributed by atoms with Gasteiger partial charge in [0.05, 0.1) is 18.0 Å². The van der Waals surface area contributed by atoms with Crippen LogP contribution in [0.25, 0.3) is 5.70 Å². The van der Waals surface area contributed by atoms with Gasteiger partial charge in [-0.2, -0.15) is 11.8 Å².